The van der Waals surface area contributed by atoms with Gasteiger partial charge in [0.05, 0.1) is 18.0 Å². The Bertz CT molecular complexity index is 1100. The van der Waals surface area contributed by atoms with Crippen LogP contribution in [0.25, 0.3) is 22.5 Å². The van der Waals surface area contributed by atoms with Crippen LogP contribution in [-0.2, 0) is 19.6 Å². The Labute approximate surface area is 175 Å². The van der Waals surface area contributed by atoms with Crippen molar-refractivity contribution in [1.29, 1.82) is 0 Å². The van der Waals surface area contributed by atoms with E-state index in [9.17, 15) is 5.11 Å². The van der Waals surface area contributed by atoms with Crippen molar-refractivity contribution in [3.63, 3.8) is 0 Å². The zero-order valence-electron chi connectivity index (χ0n) is 17.3. The molecule has 2 heterocycles. The molecule has 0 saturated carbocycles. The van der Waals surface area contributed by atoms with Crippen LogP contribution >= 0.6 is 0 Å². The molecule has 154 valence electrons. The highest BCUT2D eigenvalue weighted by atomic mass is 16.3. The Kier molecular flexibility index (Phi) is 5.99. The smallest absolute Gasteiger partial charge is 0.205 e. The molecule has 0 unspecified atom stereocenters. The monoisotopic (exact) mass is 402 g/mol. The van der Waals surface area contributed by atoms with Crippen LogP contribution in [0.2, 0.25) is 0 Å². The third-order valence-corrected chi connectivity index (χ3v) is 5.37. The molecule has 0 aliphatic rings. The first-order chi connectivity index (χ1) is 14.7. The van der Waals surface area contributed by atoms with Gasteiger partial charge in [0, 0.05) is 18.5 Å². The fourth-order valence-electron chi connectivity index (χ4n) is 3.76. The summed E-state index contributed by atoms with van der Waals surface area (Å²) in [6.07, 6.45) is 3.13. The molecular formula is C23H26N6O. The number of nitrogens with one attached hydrogen (secondary N) is 1. The minimum Gasteiger partial charge on any atom is -0.390 e. The first kappa shape index (κ1) is 20.0. The molecule has 0 saturated heterocycles. The predicted octanol–water partition coefficient (Wildman–Crippen LogP) is 3.92. The van der Waals surface area contributed by atoms with Crippen LogP contribution in [0.15, 0.2) is 48.5 Å². The lowest BCUT2D eigenvalue weighted by Crippen LogP contribution is -2.09. The maximum Gasteiger partial charge on any atom is 0.205 e. The van der Waals surface area contributed by atoms with Gasteiger partial charge in [0.1, 0.15) is 5.82 Å². The number of aliphatic hydroxyl groups is 1. The molecule has 0 aliphatic carbocycles. The number of imidazole rings is 1. The highest BCUT2D eigenvalue weighted by Crippen LogP contribution is 2.30. The van der Waals surface area contributed by atoms with E-state index in [4.69, 9.17) is 4.98 Å². The third kappa shape index (κ3) is 4.02. The quantitative estimate of drug-likeness (QED) is 0.466. The van der Waals surface area contributed by atoms with Crippen molar-refractivity contribution in [2.75, 3.05) is 0 Å². The minimum atomic E-state index is 0.00111. The van der Waals surface area contributed by atoms with Gasteiger partial charge in [-0.05, 0) is 35.2 Å². The fourth-order valence-corrected chi connectivity index (χ4v) is 3.76. The number of H-pyrrole nitrogens is 1. The van der Waals surface area contributed by atoms with Crippen LogP contribution in [0, 0.1) is 6.92 Å². The molecule has 4 rings (SSSR count). The molecular weight excluding hydrogens is 376 g/mol. The Morgan fingerprint density at radius 2 is 1.80 bits per heavy atom. The Balaban J connectivity index is 1.62. The van der Waals surface area contributed by atoms with E-state index in [1.807, 2.05) is 25.1 Å². The lowest BCUT2D eigenvalue weighted by molar-refractivity contribution is 0.270. The van der Waals surface area contributed by atoms with Gasteiger partial charge in [-0.1, -0.05) is 61.9 Å². The van der Waals surface area contributed by atoms with Crippen molar-refractivity contribution in [3.05, 3.63) is 71.3 Å². The summed E-state index contributed by atoms with van der Waals surface area (Å²) in [5, 5.41) is 24.3. The van der Waals surface area contributed by atoms with E-state index in [-0.39, 0.29) is 6.61 Å². The van der Waals surface area contributed by atoms with Crippen molar-refractivity contribution in [1.82, 2.24) is 30.2 Å². The van der Waals surface area contributed by atoms with E-state index in [0.29, 0.717) is 12.4 Å². The molecule has 2 N–H and O–H groups in total. The summed E-state index contributed by atoms with van der Waals surface area (Å²) in [6.45, 7) is 4.84. The van der Waals surface area contributed by atoms with E-state index < -0.39 is 0 Å². The second-order valence-electron chi connectivity index (χ2n) is 7.39. The maximum atomic E-state index is 9.85. The van der Waals surface area contributed by atoms with Gasteiger partial charge in [0.25, 0.3) is 0 Å². The lowest BCUT2D eigenvalue weighted by Gasteiger charge is -2.12. The number of tetrazole rings is 1. The summed E-state index contributed by atoms with van der Waals surface area (Å²) in [7, 11) is 0. The van der Waals surface area contributed by atoms with Crippen molar-refractivity contribution in [2.45, 2.75) is 46.3 Å². The highest BCUT2D eigenvalue weighted by Gasteiger charge is 2.14. The van der Waals surface area contributed by atoms with Crippen LogP contribution in [0.3, 0.4) is 0 Å². The number of hydrogen-bond acceptors (Lipinski definition) is 5. The molecule has 0 atom stereocenters. The van der Waals surface area contributed by atoms with Gasteiger partial charge >= 0.3 is 0 Å². The molecule has 0 aliphatic heterocycles. The van der Waals surface area contributed by atoms with Crippen LogP contribution in [-0.4, -0.2) is 35.3 Å². The third-order valence-electron chi connectivity index (χ3n) is 5.37. The zero-order valence-corrected chi connectivity index (χ0v) is 17.3. The zero-order chi connectivity index (χ0) is 20.9. The molecule has 2 aromatic carbocycles. The Morgan fingerprint density at radius 1 is 1.03 bits per heavy atom. The van der Waals surface area contributed by atoms with Crippen molar-refractivity contribution >= 4 is 0 Å². The van der Waals surface area contributed by atoms with Gasteiger partial charge in [-0.15, -0.1) is 10.2 Å². The predicted molar refractivity (Wildman–Crippen MR) is 116 cm³/mol. The standard InChI is InChI=1S/C23H26N6O/c1-3-4-9-22-24-16(2)21(15-30)29(22)14-17-10-12-18(13-11-17)19-7-5-6-8-20(19)23-25-27-28-26-23/h5-8,10-13,30H,3-4,9,14-15H2,1-2H3,(H,25,26,27,28). The lowest BCUT2D eigenvalue weighted by atomic mass is 9.98. The molecule has 7 nitrogen and oxygen atoms in total. The molecule has 0 fully saturated rings. The van der Waals surface area contributed by atoms with E-state index in [1.165, 1.54) is 5.56 Å². The van der Waals surface area contributed by atoms with Crippen LogP contribution in [0.4, 0.5) is 0 Å². The minimum absolute atomic E-state index is 0.00111. The summed E-state index contributed by atoms with van der Waals surface area (Å²) < 4.78 is 2.16. The summed E-state index contributed by atoms with van der Waals surface area (Å²) in [4.78, 5) is 4.70. The summed E-state index contributed by atoms with van der Waals surface area (Å²) in [6, 6.07) is 16.5. The molecule has 0 spiro atoms. The number of benzene rings is 2. The molecule has 0 radical (unpaired) electrons. The average molecular weight is 403 g/mol. The summed E-state index contributed by atoms with van der Waals surface area (Å²) in [5.41, 5.74) is 6.06. The topological polar surface area (TPSA) is 92.5 Å². The number of unbranched alkanes of at least 4 members (excludes halogenated alkanes) is 1. The van der Waals surface area contributed by atoms with Crippen molar-refractivity contribution in [2.24, 2.45) is 0 Å². The van der Waals surface area contributed by atoms with Gasteiger partial charge in [0.2, 0.25) is 5.82 Å². The fraction of sp³-hybridized carbons (Fsp3) is 0.304. The second-order valence-corrected chi connectivity index (χ2v) is 7.39. The van der Waals surface area contributed by atoms with Crippen LogP contribution in [0.1, 0.15) is 42.5 Å². The Hall–Kier alpha value is -3.32. The van der Waals surface area contributed by atoms with Crippen molar-refractivity contribution in [3.8, 4) is 22.5 Å². The molecule has 7 heteroatoms. The molecule has 2 aromatic heterocycles. The number of nitrogens with zero attached hydrogens (tertiary/aromatic N) is 5. The number of rotatable bonds is 8. The van der Waals surface area contributed by atoms with Gasteiger partial charge < -0.3 is 9.67 Å². The number of aliphatic hydroxyl groups excluding tert-OH is 1. The van der Waals surface area contributed by atoms with Crippen molar-refractivity contribution < 1.29 is 5.11 Å². The maximum absolute atomic E-state index is 9.85. The molecule has 0 amide bonds. The van der Waals surface area contributed by atoms with Gasteiger partial charge in [-0.3, -0.25) is 0 Å². The number of aromatic amines is 1. The van der Waals surface area contributed by atoms with Crippen LogP contribution in [0.5, 0.6) is 0 Å². The second kappa shape index (κ2) is 9.00. The SMILES string of the molecule is CCCCc1nc(C)c(CO)n1Cc1ccc(-c2ccccc2-c2nn[nH]n2)cc1. The molecule has 4 aromatic rings. The highest BCUT2D eigenvalue weighted by molar-refractivity contribution is 5.80. The number of hydrogen-bond donors (Lipinski definition) is 2. The number of aryl methyl sites for hydroxylation is 2. The van der Waals surface area contributed by atoms with E-state index in [1.54, 1.807) is 0 Å². The largest absolute Gasteiger partial charge is 0.390 e. The van der Waals surface area contributed by atoms with E-state index in [2.05, 4.69) is 62.4 Å². The number of aromatic nitrogens is 6. The normalized spacial score (nSPS) is 11.2. The van der Waals surface area contributed by atoms with E-state index >= 15 is 0 Å². The van der Waals surface area contributed by atoms with Gasteiger partial charge in [0.15, 0.2) is 0 Å². The van der Waals surface area contributed by atoms with E-state index in [0.717, 1.165) is 53.2 Å². The summed E-state index contributed by atoms with van der Waals surface area (Å²) >= 11 is 0. The molecule has 30 heavy (non-hydrogen) atoms. The van der Waals surface area contributed by atoms with Gasteiger partial charge in [-0.25, -0.2) is 4.98 Å². The first-order valence-electron chi connectivity index (χ1n) is 10.3. The van der Waals surface area contributed by atoms with Gasteiger partial charge in [-0.2, -0.15) is 5.21 Å². The summed E-state index contributed by atoms with van der Waals surface area (Å²) in [5.74, 6) is 1.63. The Morgan fingerprint density at radius 3 is 2.47 bits per heavy atom. The first-order valence-corrected chi connectivity index (χ1v) is 10.3. The van der Waals surface area contributed by atoms with Crippen LogP contribution < -0.4 is 0 Å². The average Bonchev–Trinajstić information content (AvgIpc) is 3.41. The molecule has 0 bridgehead atoms.